The zero-order chi connectivity index (χ0) is 9.95. The first kappa shape index (κ1) is 11.0. The van der Waals surface area contributed by atoms with Crippen LogP contribution in [-0.4, -0.2) is 17.7 Å². The highest BCUT2D eigenvalue weighted by Crippen LogP contribution is 2.34. The Hall–Kier alpha value is -0.0800. The second kappa shape index (κ2) is 3.97. The van der Waals surface area contributed by atoms with Gasteiger partial charge in [-0.25, -0.2) is 0 Å². The number of hydrogen-bond donors (Lipinski definition) is 1. The highest BCUT2D eigenvalue weighted by atomic mass is 16.5. The SMILES string of the molecule is CC(C)(C)OC1(CN)CCCCC1. The van der Waals surface area contributed by atoms with Crippen molar-refractivity contribution in [1.29, 1.82) is 0 Å². The standard InChI is InChI=1S/C11H23NO/c1-10(2,3)13-11(9-12)7-5-4-6-8-11/h4-9,12H2,1-3H3. The largest absolute Gasteiger partial charge is 0.368 e. The fourth-order valence-electron chi connectivity index (χ4n) is 2.19. The summed E-state index contributed by atoms with van der Waals surface area (Å²) in [6.07, 6.45) is 6.16. The smallest absolute Gasteiger partial charge is 0.0811 e. The summed E-state index contributed by atoms with van der Waals surface area (Å²) in [5, 5.41) is 0. The van der Waals surface area contributed by atoms with Gasteiger partial charge < -0.3 is 10.5 Å². The van der Waals surface area contributed by atoms with Crippen molar-refractivity contribution in [3.05, 3.63) is 0 Å². The Morgan fingerprint density at radius 2 is 1.69 bits per heavy atom. The number of hydrogen-bond acceptors (Lipinski definition) is 2. The van der Waals surface area contributed by atoms with Gasteiger partial charge in [-0.05, 0) is 33.6 Å². The van der Waals surface area contributed by atoms with E-state index in [9.17, 15) is 0 Å². The Morgan fingerprint density at radius 1 is 1.15 bits per heavy atom. The normalized spacial score (nSPS) is 23.1. The summed E-state index contributed by atoms with van der Waals surface area (Å²) >= 11 is 0. The zero-order valence-corrected chi connectivity index (χ0v) is 9.23. The molecule has 0 heterocycles. The fourth-order valence-corrected chi connectivity index (χ4v) is 2.19. The van der Waals surface area contributed by atoms with E-state index in [1.54, 1.807) is 0 Å². The second-order valence-corrected chi connectivity index (χ2v) is 5.16. The van der Waals surface area contributed by atoms with Crippen molar-refractivity contribution in [1.82, 2.24) is 0 Å². The van der Waals surface area contributed by atoms with Gasteiger partial charge in [0.05, 0.1) is 11.2 Å². The van der Waals surface area contributed by atoms with Crippen molar-refractivity contribution in [2.45, 2.75) is 64.1 Å². The first-order valence-corrected chi connectivity index (χ1v) is 5.38. The van der Waals surface area contributed by atoms with E-state index in [1.807, 2.05) is 0 Å². The molecular weight excluding hydrogens is 162 g/mol. The number of rotatable bonds is 2. The Balaban J connectivity index is 2.57. The molecule has 0 amide bonds. The molecule has 1 saturated carbocycles. The lowest BCUT2D eigenvalue weighted by Gasteiger charge is -2.41. The van der Waals surface area contributed by atoms with Crippen LogP contribution < -0.4 is 5.73 Å². The van der Waals surface area contributed by atoms with Gasteiger partial charge in [-0.1, -0.05) is 19.3 Å². The van der Waals surface area contributed by atoms with E-state index in [1.165, 1.54) is 19.3 Å². The van der Waals surface area contributed by atoms with Gasteiger partial charge in [0.2, 0.25) is 0 Å². The van der Waals surface area contributed by atoms with Crippen LogP contribution in [0.25, 0.3) is 0 Å². The molecule has 0 saturated heterocycles. The van der Waals surface area contributed by atoms with Gasteiger partial charge >= 0.3 is 0 Å². The molecule has 13 heavy (non-hydrogen) atoms. The molecule has 0 radical (unpaired) electrons. The van der Waals surface area contributed by atoms with Crippen LogP contribution in [0.3, 0.4) is 0 Å². The Morgan fingerprint density at radius 3 is 2.08 bits per heavy atom. The summed E-state index contributed by atoms with van der Waals surface area (Å²) in [7, 11) is 0. The maximum absolute atomic E-state index is 6.09. The molecular formula is C11H23NO. The molecule has 0 atom stereocenters. The maximum Gasteiger partial charge on any atom is 0.0811 e. The average Bonchev–Trinajstić information content (AvgIpc) is 2.03. The third kappa shape index (κ3) is 3.28. The highest BCUT2D eigenvalue weighted by molar-refractivity contribution is 4.87. The third-order valence-corrected chi connectivity index (χ3v) is 2.66. The lowest BCUT2D eigenvalue weighted by atomic mass is 9.84. The van der Waals surface area contributed by atoms with Crippen LogP contribution in [0.2, 0.25) is 0 Å². The molecule has 1 aliphatic rings. The van der Waals surface area contributed by atoms with Crippen LogP contribution in [0, 0.1) is 0 Å². The molecule has 0 aliphatic heterocycles. The zero-order valence-electron chi connectivity index (χ0n) is 9.23. The van der Waals surface area contributed by atoms with Crippen molar-refractivity contribution in [2.24, 2.45) is 5.73 Å². The molecule has 78 valence electrons. The Labute approximate surface area is 81.8 Å². The molecule has 2 nitrogen and oxygen atoms in total. The quantitative estimate of drug-likeness (QED) is 0.717. The summed E-state index contributed by atoms with van der Waals surface area (Å²) in [6, 6.07) is 0. The maximum atomic E-state index is 6.09. The van der Waals surface area contributed by atoms with Crippen LogP contribution >= 0.6 is 0 Å². The summed E-state index contributed by atoms with van der Waals surface area (Å²) in [5.41, 5.74) is 5.74. The number of nitrogens with two attached hydrogens (primary N) is 1. The van der Waals surface area contributed by atoms with Gasteiger partial charge in [0, 0.05) is 6.54 Å². The van der Waals surface area contributed by atoms with Gasteiger partial charge in [-0.15, -0.1) is 0 Å². The minimum atomic E-state index is -0.0588. The molecule has 2 heteroatoms. The second-order valence-electron chi connectivity index (χ2n) is 5.16. The molecule has 0 unspecified atom stereocenters. The van der Waals surface area contributed by atoms with E-state index < -0.39 is 0 Å². The first-order chi connectivity index (χ1) is 5.97. The van der Waals surface area contributed by atoms with Crippen LogP contribution in [0.5, 0.6) is 0 Å². The lowest BCUT2D eigenvalue weighted by Crippen LogP contribution is -2.47. The predicted octanol–water partition coefficient (Wildman–Crippen LogP) is 2.46. The van der Waals surface area contributed by atoms with Crippen LogP contribution in [0.15, 0.2) is 0 Å². The van der Waals surface area contributed by atoms with E-state index in [-0.39, 0.29) is 11.2 Å². The summed E-state index contributed by atoms with van der Waals surface area (Å²) in [5.74, 6) is 0. The molecule has 1 rings (SSSR count). The third-order valence-electron chi connectivity index (χ3n) is 2.66. The van der Waals surface area contributed by atoms with Gasteiger partial charge in [0.25, 0.3) is 0 Å². The minimum absolute atomic E-state index is 0.0174. The van der Waals surface area contributed by atoms with E-state index in [0.29, 0.717) is 6.54 Å². The molecule has 0 aromatic carbocycles. The summed E-state index contributed by atoms with van der Waals surface area (Å²) < 4.78 is 6.09. The van der Waals surface area contributed by atoms with E-state index in [0.717, 1.165) is 12.8 Å². The molecule has 1 aliphatic carbocycles. The molecule has 0 aromatic heterocycles. The average molecular weight is 185 g/mol. The minimum Gasteiger partial charge on any atom is -0.368 e. The summed E-state index contributed by atoms with van der Waals surface area (Å²) in [6.45, 7) is 7.00. The van der Waals surface area contributed by atoms with Gasteiger partial charge in [-0.2, -0.15) is 0 Å². The monoisotopic (exact) mass is 185 g/mol. The molecule has 1 fully saturated rings. The van der Waals surface area contributed by atoms with Crippen molar-refractivity contribution >= 4 is 0 Å². The van der Waals surface area contributed by atoms with Gasteiger partial charge in [0.15, 0.2) is 0 Å². The van der Waals surface area contributed by atoms with E-state index in [4.69, 9.17) is 10.5 Å². The van der Waals surface area contributed by atoms with E-state index >= 15 is 0 Å². The van der Waals surface area contributed by atoms with E-state index in [2.05, 4.69) is 20.8 Å². The highest BCUT2D eigenvalue weighted by Gasteiger charge is 2.35. The predicted molar refractivity (Wildman–Crippen MR) is 55.7 cm³/mol. The molecule has 0 aromatic rings. The first-order valence-electron chi connectivity index (χ1n) is 5.38. The van der Waals surface area contributed by atoms with Crippen LogP contribution in [0.4, 0.5) is 0 Å². The van der Waals surface area contributed by atoms with Crippen molar-refractivity contribution in [3.63, 3.8) is 0 Å². The van der Waals surface area contributed by atoms with Crippen LogP contribution in [0.1, 0.15) is 52.9 Å². The fraction of sp³-hybridized carbons (Fsp3) is 1.00. The molecule has 2 N–H and O–H groups in total. The topological polar surface area (TPSA) is 35.2 Å². The van der Waals surface area contributed by atoms with Gasteiger partial charge in [-0.3, -0.25) is 0 Å². The van der Waals surface area contributed by atoms with Gasteiger partial charge in [0.1, 0.15) is 0 Å². The number of ether oxygens (including phenoxy) is 1. The Bertz CT molecular complexity index is 154. The lowest BCUT2D eigenvalue weighted by molar-refractivity contribution is -0.142. The Kier molecular flexibility index (Phi) is 3.36. The molecule has 0 bridgehead atoms. The molecule has 0 spiro atoms. The van der Waals surface area contributed by atoms with Crippen LogP contribution in [-0.2, 0) is 4.74 Å². The summed E-state index contributed by atoms with van der Waals surface area (Å²) in [4.78, 5) is 0. The van der Waals surface area contributed by atoms with Crippen molar-refractivity contribution in [2.75, 3.05) is 6.54 Å². The van der Waals surface area contributed by atoms with Crippen molar-refractivity contribution in [3.8, 4) is 0 Å². The van der Waals surface area contributed by atoms with Crippen molar-refractivity contribution < 1.29 is 4.74 Å².